The topological polar surface area (TPSA) is 71.3 Å². The summed E-state index contributed by atoms with van der Waals surface area (Å²) >= 11 is 0. The summed E-state index contributed by atoms with van der Waals surface area (Å²) in [6.07, 6.45) is -0.772. The number of carboxylic acid groups (broad SMARTS) is 1. The second kappa shape index (κ2) is 7.93. The minimum Gasteiger partial charge on any atom is -0.481 e. The SMILES string of the molecule is Cc1cc(C(=O)N[C@@H]2CC[C@@H](C(=O)O)CCC2(F)F)c(C)n1-c1ccccc1F. The van der Waals surface area contributed by atoms with E-state index in [1.807, 2.05) is 0 Å². The maximum absolute atomic E-state index is 14.5. The molecule has 5 nitrogen and oxygen atoms in total. The summed E-state index contributed by atoms with van der Waals surface area (Å²) in [4.78, 5) is 23.9. The molecule has 1 aromatic carbocycles. The molecule has 0 unspecified atom stereocenters. The van der Waals surface area contributed by atoms with E-state index in [1.165, 1.54) is 12.1 Å². The predicted octanol–water partition coefficient (Wildman–Crippen LogP) is 4.24. The van der Waals surface area contributed by atoms with Gasteiger partial charge in [0.25, 0.3) is 11.8 Å². The lowest BCUT2D eigenvalue weighted by Crippen LogP contribution is -2.47. The van der Waals surface area contributed by atoms with Gasteiger partial charge in [0.2, 0.25) is 0 Å². The summed E-state index contributed by atoms with van der Waals surface area (Å²) in [6.45, 7) is 3.33. The molecule has 1 amide bonds. The van der Waals surface area contributed by atoms with Crippen LogP contribution >= 0.6 is 0 Å². The number of carbonyl (C=O) groups is 2. The standard InChI is InChI=1S/C21H23F3N2O3/c1-12-11-15(13(2)26(12)17-6-4-3-5-16(17)22)19(27)25-18-8-7-14(20(28)29)9-10-21(18,23)24/h3-6,11,14,18H,7-10H2,1-2H3,(H,25,27)(H,28,29)/t14-,18-/m1/s1. The fourth-order valence-corrected chi connectivity index (χ4v) is 3.92. The van der Waals surface area contributed by atoms with Gasteiger partial charge in [-0.3, -0.25) is 9.59 Å². The Labute approximate surface area is 166 Å². The molecule has 29 heavy (non-hydrogen) atoms. The van der Waals surface area contributed by atoms with Crippen molar-refractivity contribution in [2.75, 3.05) is 0 Å². The third kappa shape index (κ3) is 4.16. The van der Waals surface area contributed by atoms with Gasteiger partial charge in [0, 0.05) is 17.8 Å². The summed E-state index contributed by atoms with van der Waals surface area (Å²) in [5, 5.41) is 11.5. The lowest BCUT2D eigenvalue weighted by Gasteiger charge is -2.25. The first-order chi connectivity index (χ1) is 13.6. The Balaban J connectivity index is 1.85. The number of aryl methyl sites for hydroxylation is 1. The van der Waals surface area contributed by atoms with Gasteiger partial charge in [0.05, 0.1) is 23.2 Å². The highest BCUT2D eigenvalue weighted by Crippen LogP contribution is 2.35. The molecule has 1 fully saturated rings. The quantitative estimate of drug-likeness (QED) is 0.744. The molecule has 1 aromatic heterocycles. The van der Waals surface area contributed by atoms with E-state index in [-0.39, 0.29) is 30.5 Å². The van der Waals surface area contributed by atoms with E-state index in [0.29, 0.717) is 11.4 Å². The van der Waals surface area contributed by atoms with Crippen molar-refractivity contribution in [1.29, 1.82) is 0 Å². The summed E-state index contributed by atoms with van der Waals surface area (Å²) in [7, 11) is 0. The average Bonchev–Trinajstić information content (AvgIpc) is 2.85. The maximum atomic E-state index is 14.5. The zero-order chi connectivity index (χ0) is 21.3. The number of amides is 1. The smallest absolute Gasteiger partial charge is 0.306 e. The number of nitrogens with one attached hydrogen (secondary N) is 1. The summed E-state index contributed by atoms with van der Waals surface area (Å²) in [6, 6.07) is 6.19. The van der Waals surface area contributed by atoms with Gasteiger partial charge in [-0.15, -0.1) is 0 Å². The normalized spacial score (nSPS) is 21.4. The Kier molecular flexibility index (Phi) is 5.73. The molecule has 1 saturated carbocycles. The Hall–Kier alpha value is -2.77. The van der Waals surface area contributed by atoms with Crippen LogP contribution in [0.5, 0.6) is 0 Å². The first kappa shape index (κ1) is 21.0. The highest BCUT2D eigenvalue weighted by atomic mass is 19.3. The van der Waals surface area contributed by atoms with E-state index in [4.69, 9.17) is 5.11 Å². The molecule has 0 saturated heterocycles. The van der Waals surface area contributed by atoms with Crippen molar-refractivity contribution in [3.05, 3.63) is 53.1 Å². The fraction of sp³-hybridized carbons (Fsp3) is 0.429. The molecule has 3 rings (SSSR count). The summed E-state index contributed by atoms with van der Waals surface area (Å²) in [5.41, 5.74) is 1.48. The Bertz CT molecular complexity index is 939. The zero-order valence-corrected chi connectivity index (χ0v) is 16.2. The number of para-hydroxylation sites is 1. The highest BCUT2D eigenvalue weighted by molar-refractivity contribution is 5.96. The maximum Gasteiger partial charge on any atom is 0.306 e. The van der Waals surface area contributed by atoms with Gasteiger partial charge in [-0.05, 0) is 51.3 Å². The largest absolute Gasteiger partial charge is 0.481 e. The van der Waals surface area contributed by atoms with Crippen molar-refractivity contribution >= 4 is 11.9 Å². The minimum absolute atomic E-state index is 0.0735. The van der Waals surface area contributed by atoms with E-state index in [0.717, 1.165) is 0 Å². The van der Waals surface area contributed by atoms with Crippen LogP contribution in [-0.4, -0.2) is 33.5 Å². The molecule has 1 aliphatic carbocycles. The van der Waals surface area contributed by atoms with E-state index in [2.05, 4.69) is 5.32 Å². The number of benzene rings is 1. The molecular weight excluding hydrogens is 385 g/mol. The molecule has 1 heterocycles. The fourth-order valence-electron chi connectivity index (χ4n) is 3.92. The van der Waals surface area contributed by atoms with Crippen LogP contribution in [0, 0.1) is 25.6 Å². The molecule has 156 valence electrons. The number of carboxylic acids is 1. The van der Waals surface area contributed by atoms with E-state index >= 15 is 0 Å². The Morgan fingerprint density at radius 3 is 2.52 bits per heavy atom. The monoisotopic (exact) mass is 408 g/mol. The number of nitrogens with zero attached hydrogens (tertiary/aromatic N) is 1. The molecule has 0 radical (unpaired) electrons. The molecule has 2 atom stereocenters. The van der Waals surface area contributed by atoms with Crippen LogP contribution in [0.1, 0.15) is 47.4 Å². The van der Waals surface area contributed by atoms with Crippen molar-refractivity contribution in [3.8, 4) is 5.69 Å². The lowest BCUT2D eigenvalue weighted by atomic mass is 10.0. The third-order valence-corrected chi connectivity index (χ3v) is 5.56. The Morgan fingerprint density at radius 2 is 1.86 bits per heavy atom. The third-order valence-electron chi connectivity index (χ3n) is 5.56. The second-order valence-electron chi connectivity index (χ2n) is 7.51. The molecule has 1 aliphatic rings. The van der Waals surface area contributed by atoms with Crippen LogP contribution in [0.3, 0.4) is 0 Å². The molecule has 0 spiro atoms. The number of aromatic nitrogens is 1. The van der Waals surface area contributed by atoms with Crippen LogP contribution < -0.4 is 5.32 Å². The molecule has 0 aliphatic heterocycles. The average molecular weight is 408 g/mol. The molecular formula is C21H23F3N2O3. The molecule has 2 N–H and O–H groups in total. The van der Waals surface area contributed by atoms with E-state index < -0.39 is 42.0 Å². The van der Waals surface area contributed by atoms with Crippen molar-refractivity contribution < 1.29 is 27.9 Å². The highest BCUT2D eigenvalue weighted by Gasteiger charge is 2.44. The first-order valence-electron chi connectivity index (χ1n) is 9.47. The zero-order valence-electron chi connectivity index (χ0n) is 16.2. The molecule has 2 aromatic rings. The summed E-state index contributed by atoms with van der Waals surface area (Å²) < 4.78 is 44.7. The van der Waals surface area contributed by atoms with Crippen LogP contribution in [0.2, 0.25) is 0 Å². The van der Waals surface area contributed by atoms with Crippen LogP contribution in [0.25, 0.3) is 5.69 Å². The van der Waals surface area contributed by atoms with Crippen molar-refractivity contribution in [2.45, 2.75) is 51.5 Å². The van der Waals surface area contributed by atoms with Crippen molar-refractivity contribution in [1.82, 2.24) is 9.88 Å². The van der Waals surface area contributed by atoms with Gasteiger partial charge in [-0.2, -0.15) is 0 Å². The van der Waals surface area contributed by atoms with Gasteiger partial charge in [-0.1, -0.05) is 12.1 Å². The number of carbonyl (C=O) groups excluding carboxylic acids is 1. The van der Waals surface area contributed by atoms with Gasteiger partial charge < -0.3 is 15.0 Å². The van der Waals surface area contributed by atoms with Gasteiger partial charge in [0.1, 0.15) is 5.82 Å². The minimum atomic E-state index is -3.20. The number of aliphatic carboxylic acids is 1. The van der Waals surface area contributed by atoms with Gasteiger partial charge >= 0.3 is 5.97 Å². The number of alkyl halides is 2. The second-order valence-corrected chi connectivity index (χ2v) is 7.51. The van der Waals surface area contributed by atoms with Crippen LogP contribution in [-0.2, 0) is 4.79 Å². The predicted molar refractivity (Wildman–Crippen MR) is 101 cm³/mol. The molecule has 0 bridgehead atoms. The first-order valence-corrected chi connectivity index (χ1v) is 9.47. The number of halogens is 3. The number of hydrogen-bond acceptors (Lipinski definition) is 2. The van der Waals surface area contributed by atoms with Crippen molar-refractivity contribution in [3.63, 3.8) is 0 Å². The van der Waals surface area contributed by atoms with Gasteiger partial charge in [0.15, 0.2) is 0 Å². The lowest BCUT2D eigenvalue weighted by molar-refractivity contribution is -0.142. The number of hydrogen-bond donors (Lipinski definition) is 2. The number of rotatable bonds is 4. The van der Waals surface area contributed by atoms with Crippen LogP contribution in [0.4, 0.5) is 13.2 Å². The molecule has 8 heteroatoms. The van der Waals surface area contributed by atoms with E-state index in [1.54, 1.807) is 36.6 Å². The Morgan fingerprint density at radius 1 is 1.17 bits per heavy atom. The van der Waals surface area contributed by atoms with Gasteiger partial charge in [-0.25, -0.2) is 13.2 Å². The summed E-state index contributed by atoms with van der Waals surface area (Å²) in [5.74, 6) is -6.28. The van der Waals surface area contributed by atoms with Crippen LogP contribution in [0.15, 0.2) is 30.3 Å². The van der Waals surface area contributed by atoms with Crippen molar-refractivity contribution in [2.24, 2.45) is 5.92 Å². The van der Waals surface area contributed by atoms with E-state index in [9.17, 15) is 22.8 Å².